The van der Waals surface area contributed by atoms with E-state index in [2.05, 4.69) is 10.6 Å². The molecular formula is C24H19ClN2O4. The zero-order valence-electron chi connectivity index (χ0n) is 16.7. The number of benzene rings is 3. The van der Waals surface area contributed by atoms with Gasteiger partial charge in [-0.15, -0.1) is 0 Å². The molecule has 0 aliphatic heterocycles. The number of fused-ring (bicyclic) bond motifs is 3. The summed E-state index contributed by atoms with van der Waals surface area (Å²) in [6.45, 7) is 0.761. The number of ketones is 1. The summed E-state index contributed by atoms with van der Waals surface area (Å²) < 4.78 is 4.90. The van der Waals surface area contributed by atoms with E-state index in [1.165, 1.54) is 6.07 Å². The maximum atomic E-state index is 12.7. The summed E-state index contributed by atoms with van der Waals surface area (Å²) >= 11 is 6.23. The van der Waals surface area contributed by atoms with Crippen LogP contribution in [0, 0.1) is 0 Å². The van der Waals surface area contributed by atoms with Gasteiger partial charge in [0.2, 0.25) is 0 Å². The highest BCUT2D eigenvalue weighted by Crippen LogP contribution is 2.36. The van der Waals surface area contributed by atoms with Crippen molar-refractivity contribution in [2.45, 2.75) is 0 Å². The van der Waals surface area contributed by atoms with E-state index in [-0.39, 0.29) is 22.6 Å². The Kier molecular flexibility index (Phi) is 5.84. The van der Waals surface area contributed by atoms with E-state index >= 15 is 0 Å². The first-order valence-electron chi connectivity index (χ1n) is 9.66. The fourth-order valence-electron chi connectivity index (χ4n) is 3.51. The lowest BCUT2D eigenvalue weighted by molar-refractivity contribution is 0.0936. The zero-order chi connectivity index (χ0) is 22.0. The molecule has 0 unspecified atom stereocenters. The molecule has 2 amide bonds. The van der Waals surface area contributed by atoms with E-state index in [9.17, 15) is 14.4 Å². The molecule has 4 rings (SSSR count). The first-order valence-corrected chi connectivity index (χ1v) is 10.0. The van der Waals surface area contributed by atoms with Gasteiger partial charge in [-0.2, -0.15) is 0 Å². The van der Waals surface area contributed by atoms with Gasteiger partial charge in [0.05, 0.1) is 17.2 Å². The summed E-state index contributed by atoms with van der Waals surface area (Å²) in [7, 11) is 1.55. The number of hydrogen-bond donors (Lipinski definition) is 2. The number of hydrogen-bond acceptors (Lipinski definition) is 4. The van der Waals surface area contributed by atoms with Gasteiger partial charge >= 0.3 is 0 Å². The van der Waals surface area contributed by atoms with Gasteiger partial charge in [0.1, 0.15) is 0 Å². The van der Waals surface area contributed by atoms with Crippen molar-refractivity contribution in [1.29, 1.82) is 0 Å². The number of nitrogens with one attached hydrogen (secondary N) is 2. The Balaban J connectivity index is 1.50. The molecule has 0 atom stereocenters. The smallest absolute Gasteiger partial charge is 0.255 e. The van der Waals surface area contributed by atoms with E-state index in [4.69, 9.17) is 16.3 Å². The minimum absolute atomic E-state index is 0.0906. The second kappa shape index (κ2) is 8.71. The molecule has 6 nitrogen and oxygen atoms in total. The van der Waals surface area contributed by atoms with Crippen LogP contribution in [0.2, 0.25) is 5.02 Å². The standard InChI is InChI=1S/C24H19ClN2O4/c1-31-11-10-26-24(30)19-9-7-15(13-21(19)25)27-23(29)14-6-8-17-16-4-2-3-5-18(16)22(28)20(17)12-14/h2-9,12-13H,10-11H2,1H3,(H,26,30)(H,27,29). The molecule has 1 aliphatic rings. The van der Waals surface area contributed by atoms with E-state index < -0.39 is 0 Å². The maximum absolute atomic E-state index is 12.7. The highest BCUT2D eigenvalue weighted by Gasteiger charge is 2.27. The van der Waals surface area contributed by atoms with Crippen molar-refractivity contribution in [3.05, 3.63) is 87.9 Å². The molecule has 7 heteroatoms. The second-order valence-corrected chi connectivity index (χ2v) is 7.44. The van der Waals surface area contributed by atoms with Crippen LogP contribution < -0.4 is 10.6 Å². The molecule has 3 aromatic rings. The number of anilines is 1. The number of halogens is 1. The Morgan fingerprint density at radius 3 is 2.39 bits per heavy atom. The van der Waals surface area contributed by atoms with Gasteiger partial charge in [0.25, 0.3) is 11.8 Å². The molecule has 0 saturated carbocycles. The van der Waals surface area contributed by atoms with Gasteiger partial charge in [0, 0.05) is 36.0 Å². The van der Waals surface area contributed by atoms with Crippen LogP contribution in [0.3, 0.4) is 0 Å². The quantitative estimate of drug-likeness (QED) is 0.446. The van der Waals surface area contributed by atoms with Crippen LogP contribution in [0.25, 0.3) is 11.1 Å². The summed E-state index contributed by atoms with van der Waals surface area (Å²) in [4.78, 5) is 37.6. The van der Waals surface area contributed by atoms with Crippen LogP contribution in [0.4, 0.5) is 5.69 Å². The van der Waals surface area contributed by atoms with Crippen molar-refractivity contribution in [3.63, 3.8) is 0 Å². The normalized spacial score (nSPS) is 11.6. The van der Waals surface area contributed by atoms with Gasteiger partial charge in [-0.05, 0) is 41.5 Å². The molecule has 31 heavy (non-hydrogen) atoms. The fraction of sp³-hybridized carbons (Fsp3) is 0.125. The number of carbonyl (C=O) groups excluding carboxylic acids is 3. The molecule has 3 aromatic carbocycles. The van der Waals surface area contributed by atoms with Crippen LogP contribution in [0.15, 0.2) is 60.7 Å². The largest absolute Gasteiger partial charge is 0.383 e. The summed E-state index contributed by atoms with van der Waals surface area (Å²) in [5.74, 6) is -0.788. The predicted molar refractivity (Wildman–Crippen MR) is 119 cm³/mol. The van der Waals surface area contributed by atoms with Crippen LogP contribution in [-0.2, 0) is 4.74 Å². The maximum Gasteiger partial charge on any atom is 0.255 e. The molecule has 0 radical (unpaired) electrons. The molecule has 0 spiro atoms. The second-order valence-electron chi connectivity index (χ2n) is 7.03. The lowest BCUT2D eigenvalue weighted by Crippen LogP contribution is -2.27. The van der Waals surface area contributed by atoms with Gasteiger partial charge < -0.3 is 15.4 Å². The Morgan fingerprint density at radius 2 is 1.65 bits per heavy atom. The minimum Gasteiger partial charge on any atom is -0.383 e. The van der Waals surface area contributed by atoms with Crippen LogP contribution in [0.5, 0.6) is 0 Å². The van der Waals surface area contributed by atoms with Crippen molar-refractivity contribution in [3.8, 4) is 11.1 Å². The average molecular weight is 435 g/mol. The van der Waals surface area contributed by atoms with Crippen LogP contribution in [-0.4, -0.2) is 37.9 Å². The highest BCUT2D eigenvalue weighted by atomic mass is 35.5. The van der Waals surface area contributed by atoms with Crippen molar-refractivity contribution < 1.29 is 19.1 Å². The third kappa shape index (κ3) is 4.08. The summed E-state index contributed by atoms with van der Waals surface area (Å²) in [5.41, 5.74) is 3.95. The monoisotopic (exact) mass is 434 g/mol. The molecule has 2 N–H and O–H groups in total. The summed E-state index contributed by atoms with van der Waals surface area (Å²) in [6, 6.07) is 17.1. The van der Waals surface area contributed by atoms with E-state index in [1.807, 2.05) is 18.2 Å². The predicted octanol–water partition coefficient (Wildman–Crippen LogP) is 4.18. The van der Waals surface area contributed by atoms with E-state index in [0.29, 0.717) is 41.1 Å². The van der Waals surface area contributed by atoms with Crippen molar-refractivity contribution in [2.24, 2.45) is 0 Å². The van der Waals surface area contributed by atoms with Gasteiger partial charge in [-0.1, -0.05) is 41.9 Å². The van der Waals surface area contributed by atoms with Gasteiger partial charge in [-0.25, -0.2) is 0 Å². The Bertz CT molecular complexity index is 1210. The molecule has 0 saturated heterocycles. The van der Waals surface area contributed by atoms with Crippen molar-refractivity contribution in [1.82, 2.24) is 5.32 Å². The van der Waals surface area contributed by atoms with Crippen molar-refractivity contribution in [2.75, 3.05) is 25.6 Å². The Morgan fingerprint density at radius 1 is 0.903 bits per heavy atom. The molecule has 0 fully saturated rings. The van der Waals surface area contributed by atoms with Crippen LogP contribution in [0.1, 0.15) is 36.6 Å². The van der Waals surface area contributed by atoms with E-state index in [1.54, 1.807) is 43.5 Å². The Labute approximate surface area is 184 Å². The molecular weight excluding hydrogens is 416 g/mol. The molecule has 0 heterocycles. The third-order valence-corrected chi connectivity index (χ3v) is 5.36. The summed E-state index contributed by atoms with van der Waals surface area (Å²) in [6.07, 6.45) is 0. The highest BCUT2D eigenvalue weighted by molar-refractivity contribution is 6.34. The summed E-state index contributed by atoms with van der Waals surface area (Å²) in [5, 5.41) is 5.67. The molecule has 1 aliphatic carbocycles. The topological polar surface area (TPSA) is 84.5 Å². The number of ether oxygens (including phenoxy) is 1. The van der Waals surface area contributed by atoms with Gasteiger partial charge in [0.15, 0.2) is 5.78 Å². The number of carbonyl (C=O) groups is 3. The lowest BCUT2D eigenvalue weighted by Gasteiger charge is -2.10. The fourth-order valence-corrected chi connectivity index (χ4v) is 3.78. The molecule has 0 aromatic heterocycles. The average Bonchev–Trinajstić information content (AvgIpc) is 3.06. The molecule has 156 valence electrons. The molecule has 0 bridgehead atoms. The van der Waals surface area contributed by atoms with E-state index in [0.717, 1.165) is 11.1 Å². The zero-order valence-corrected chi connectivity index (χ0v) is 17.5. The SMILES string of the molecule is COCCNC(=O)c1ccc(NC(=O)c2ccc3c(c2)C(=O)c2ccccc2-3)cc1Cl. The Hall–Kier alpha value is -3.48. The van der Waals surface area contributed by atoms with Crippen LogP contribution >= 0.6 is 11.6 Å². The van der Waals surface area contributed by atoms with Gasteiger partial charge in [-0.3, -0.25) is 14.4 Å². The lowest BCUT2D eigenvalue weighted by atomic mass is 10.0. The third-order valence-electron chi connectivity index (χ3n) is 5.05. The number of methoxy groups -OCH3 is 1. The first-order chi connectivity index (χ1) is 15.0. The van der Waals surface area contributed by atoms with Crippen molar-refractivity contribution >= 4 is 34.9 Å². The first kappa shape index (κ1) is 20.8. The minimum atomic E-state index is -0.375. The number of rotatable bonds is 6. The number of amides is 2.